The minimum Gasteiger partial charge on any atom is -0.493 e. The van der Waals surface area contributed by atoms with Crippen LogP contribution in [0.1, 0.15) is 11.1 Å². The van der Waals surface area contributed by atoms with Crippen LogP contribution in [0.25, 0.3) is 6.08 Å². The summed E-state index contributed by atoms with van der Waals surface area (Å²) in [6, 6.07) is 12.4. The first-order chi connectivity index (χ1) is 13.3. The number of methoxy groups -OCH3 is 1. The Labute approximate surface area is 163 Å². The van der Waals surface area contributed by atoms with Gasteiger partial charge in [-0.05, 0) is 41.5 Å². The van der Waals surface area contributed by atoms with Gasteiger partial charge < -0.3 is 19.3 Å². The maximum absolute atomic E-state index is 12.4. The van der Waals surface area contributed by atoms with Crippen molar-refractivity contribution in [3.8, 4) is 11.5 Å². The Morgan fingerprint density at radius 1 is 1.07 bits per heavy atom. The first kappa shape index (κ1) is 21.2. The zero-order chi connectivity index (χ0) is 20.7. The molecule has 0 saturated heterocycles. The van der Waals surface area contributed by atoms with Crippen LogP contribution in [-0.2, 0) is 11.3 Å². The second kappa shape index (κ2) is 9.73. The maximum atomic E-state index is 12.4. The summed E-state index contributed by atoms with van der Waals surface area (Å²) in [5, 5.41) is 0. The van der Waals surface area contributed by atoms with Gasteiger partial charge in [0.1, 0.15) is 0 Å². The number of hydrogen-bond donors (Lipinski definition) is 0. The highest BCUT2D eigenvalue weighted by Crippen LogP contribution is 2.29. The molecule has 0 N–H and O–H groups in total. The summed E-state index contributed by atoms with van der Waals surface area (Å²) in [5.74, 6) is -0.0629. The van der Waals surface area contributed by atoms with Gasteiger partial charge in [-0.2, -0.15) is 8.78 Å². The summed E-state index contributed by atoms with van der Waals surface area (Å²) < 4.78 is 34.2. The normalized spacial score (nSPS) is 11.0. The molecule has 150 valence electrons. The van der Waals surface area contributed by atoms with Gasteiger partial charge in [-0.3, -0.25) is 4.79 Å². The molecule has 0 saturated carbocycles. The van der Waals surface area contributed by atoms with Gasteiger partial charge in [-0.15, -0.1) is 0 Å². The Morgan fingerprint density at radius 3 is 2.32 bits per heavy atom. The maximum Gasteiger partial charge on any atom is 0.387 e. The van der Waals surface area contributed by atoms with Crippen molar-refractivity contribution < 1.29 is 23.0 Å². The molecule has 28 heavy (non-hydrogen) atoms. The van der Waals surface area contributed by atoms with Gasteiger partial charge in [0.2, 0.25) is 5.91 Å². The molecule has 0 aromatic heterocycles. The summed E-state index contributed by atoms with van der Waals surface area (Å²) in [6.45, 7) is -2.46. The monoisotopic (exact) mass is 390 g/mol. The van der Waals surface area contributed by atoms with Gasteiger partial charge in [-0.1, -0.05) is 18.2 Å². The van der Waals surface area contributed by atoms with E-state index in [2.05, 4.69) is 4.74 Å². The van der Waals surface area contributed by atoms with Crippen molar-refractivity contribution in [3.05, 3.63) is 59.7 Å². The lowest BCUT2D eigenvalue weighted by Gasteiger charge is -2.17. The van der Waals surface area contributed by atoms with Crippen LogP contribution in [0.15, 0.2) is 48.5 Å². The summed E-state index contributed by atoms with van der Waals surface area (Å²) in [5.41, 5.74) is 2.74. The van der Waals surface area contributed by atoms with Crippen LogP contribution in [0.2, 0.25) is 0 Å². The first-order valence-corrected chi connectivity index (χ1v) is 8.62. The van der Waals surface area contributed by atoms with E-state index in [4.69, 9.17) is 4.74 Å². The third-order valence-corrected chi connectivity index (χ3v) is 4.07. The molecule has 0 bridgehead atoms. The predicted molar refractivity (Wildman–Crippen MR) is 106 cm³/mol. The Morgan fingerprint density at radius 2 is 1.75 bits per heavy atom. The van der Waals surface area contributed by atoms with Crippen LogP contribution in [0.4, 0.5) is 14.5 Å². The topological polar surface area (TPSA) is 42.0 Å². The molecule has 0 fully saturated rings. The van der Waals surface area contributed by atoms with Crippen molar-refractivity contribution in [2.24, 2.45) is 0 Å². The fourth-order valence-electron chi connectivity index (χ4n) is 2.53. The van der Waals surface area contributed by atoms with E-state index < -0.39 is 6.61 Å². The van der Waals surface area contributed by atoms with Crippen LogP contribution < -0.4 is 14.4 Å². The second-order valence-electron chi connectivity index (χ2n) is 6.38. The third kappa shape index (κ3) is 5.97. The summed E-state index contributed by atoms with van der Waals surface area (Å²) in [7, 11) is 7.02. The van der Waals surface area contributed by atoms with Crippen LogP contribution >= 0.6 is 0 Å². The molecule has 7 heteroatoms. The molecule has 5 nitrogen and oxygen atoms in total. The van der Waals surface area contributed by atoms with Crippen molar-refractivity contribution in [1.29, 1.82) is 0 Å². The van der Waals surface area contributed by atoms with Gasteiger partial charge in [0, 0.05) is 39.5 Å². The van der Waals surface area contributed by atoms with E-state index in [0.717, 1.165) is 11.3 Å². The number of ether oxygens (including phenoxy) is 2. The second-order valence-corrected chi connectivity index (χ2v) is 6.38. The smallest absolute Gasteiger partial charge is 0.387 e. The number of amides is 1. The molecule has 0 unspecified atom stereocenters. The zero-order valence-corrected chi connectivity index (χ0v) is 16.4. The fraction of sp³-hybridized carbons (Fsp3) is 0.286. The molecular weight excluding hydrogens is 366 g/mol. The number of likely N-dealkylation sites (N-methyl/N-ethyl adjacent to an activating group) is 1. The van der Waals surface area contributed by atoms with Crippen molar-refractivity contribution in [1.82, 2.24) is 4.90 Å². The molecule has 0 atom stereocenters. The molecule has 0 aliphatic heterocycles. The Balaban J connectivity index is 2.01. The number of alkyl halides is 2. The third-order valence-electron chi connectivity index (χ3n) is 4.07. The first-order valence-electron chi connectivity index (χ1n) is 8.62. The van der Waals surface area contributed by atoms with Gasteiger partial charge in [0.05, 0.1) is 7.11 Å². The average molecular weight is 390 g/mol. The number of anilines is 1. The lowest BCUT2D eigenvalue weighted by Crippen LogP contribution is -2.24. The summed E-state index contributed by atoms with van der Waals surface area (Å²) in [6.07, 6.45) is 3.03. The van der Waals surface area contributed by atoms with Crippen molar-refractivity contribution in [3.63, 3.8) is 0 Å². The quantitative estimate of drug-likeness (QED) is 0.638. The highest BCUT2D eigenvalue weighted by atomic mass is 19.3. The van der Waals surface area contributed by atoms with Gasteiger partial charge >= 0.3 is 6.61 Å². The van der Waals surface area contributed by atoms with Gasteiger partial charge in [-0.25, -0.2) is 0 Å². The fourth-order valence-corrected chi connectivity index (χ4v) is 2.53. The molecular formula is C21H24F2N2O3. The van der Waals surface area contributed by atoms with E-state index in [1.165, 1.54) is 25.3 Å². The van der Waals surface area contributed by atoms with Crippen LogP contribution in [0.5, 0.6) is 11.5 Å². The Kier molecular flexibility index (Phi) is 7.37. The lowest BCUT2D eigenvalue weighted by molar-refractivity contribution is -0.125. The minimum absolute atomic E-state index is 0.0562. The molecule has 0 heterocycles. The van der Waals surface area contributed by atoms with E-state index in [1.54, 1.807) is 24.1 Å². The van der Waals surface area contributed by atoms with E-state index in [9.17, 15) is 13.6 Å². The van der Waals surface area contributed by atoms with Crippen molar-refractivity contribution in [2.45, 2.75) is 13.2 Å². The molecule has 2 aromatic carbocycles. The molecule has 1 amide bonds. The molecule has 2 aromatic rings. The van der Waals surface area contributed by atoms with E-state index >= 15 is 0 Å². The van der Waals surface area contributed by atoms with Crippen molar-refractivity contribution in [2.75, 3.05) is 33.2 Å². The lowest BCUT2D eigenvalue weighted by atomic mass is 10.1. The molecule has 0 aliphatic carbocycles. The van der Waals surface area contributed by atoms with E-state index in [0.29, 0.717) is 12.1 Å². The SMILES string of the molecule is COc1cc(/C=C/C(=O)N(C)Cc2ccc(N(C)C)cc2)ccc1OC(F)F. The number of benzene rings is 2. The number of carbonyl (C=O) groups excluding carboxylic acids is 1. The number of rotatable bonds is 8. The number of carbonyl (C=O) groups is 1. The van der Waals surface area contributed by atoms with Crippen LogP contribution in [-0.4, -0.2) is 45.7 Å². The highest BCUT2D eigenvalue weighted by Gasteiger charge is 2.11. The molecule has 0 aliphatic rings. The minimum atomic E-state index is -2.93. The Bertz CT molecular complexity index is 821. The summed E-state index contributed by atoms with van der Waals surface area (Å²) in [4.78, 5) is 15.9. The highest BCUT2D eigenvalue weighted by molar-refractivity contribution is 5.91. The standard InChI is InChI=1S/C21H24F2N2O3/c1-24(2)17-9-5-16(6-10-17)14-25(3)20(26)12-8-15-7-11-18(28-21(22)23)19(13-15)27-4/h5-13,21H,14H2,1-4H3/b12-8+. The number of hydrogen-bond acceptors (Lipinski definition) is 4. The van der Waals surface area contributed by atoms with E-state index in [-0.39, 0.29) is 17.4 Å². The zero-order valence-electron chi connectivity index (χ0n) is 16.4. The summed E-state index contributed by atoms with van der Waals surface area (Å²) >= 11 is 0. The number of halogens is 2. The van der Waals surface area contributed by atoms with E-state index in [1.807, 2.05) is 43.3 Å². The van der Waals surface area contributed by atoms with Crippen LogP contribution in [0.3, 0.4) is 0 Å². The van der Waals surface area contributed by atoms with Crippen LogP contribution in [0, 0.1) is 0 Å². The van der Waals surface area contributed by atoms with Crippen molar-refractivity contribution >= 4 is 17.7 Å². The Hall–Kier alpha value is -3.09. The largest absolute Gasteiger partial charge is 0.493 e. The molecule has 0 radical (unpaired) electrons. The number of nitrogens with zero attached hydrogens (tertiary/aromatic N) is 2. The van der Waals surface area contributed by atoms with Gasteiger partial charge in [0.15, 0.2) is 11.5 Å². The molecule has 2 rings (SSSR count). The van der Waals surface area contributed by atoms with Gasteiger partial charge in [0.25, 0.3) is 0 Å². The predicted octanol–water partition coefficient (Wildman–Crippen LogP) is 4.03. The molecule has 0 spiro atoms. The average Bonchev–Trinajstić information content (AvgIpc) is 2.66.